The molecule has 0 aliphatic carbocycles. The summed E-state index contributed by atoms with van der Waals surface area (Å²) in [6, 6.07) is 16.0. The van der Waals surface area contributed by atoms with E-state index in [1.54, 1.807) is 49.4 Å². The molecule has 3 rings (SSSR count). The average molecular weight is 659 g/mol. The molecular formula is C29H31Cl4N3O4S. The highest BCUT2D eigenvalue weighted by atomic mass is 35.5. The molecule has 3 aromatic rings. The first kappa shape index (κ1) is 33.0. The van der Waals surface area contributed by atoms with Crippen molar-refractivity contribution in [3.05, 3.63) is 92.4 Å². The average Bonchev–Trinajstić information content (AvgIpc) is 2.94. The van der Waals surface area contributed by atoms with Gasteiger partial charge in [0.2, 0.25) is 11.8 Å². The SMILES string of the molecule is CC[C@H](C)NC(=O)[C@H](CC)N(Cc1ccc(Cl)cc1Cl)C(=O)CN(c1cccc(Cl)c1Cl)S(=O)(=O)c1ccccc1. The van der Waals surface area contributed by atoms with Gasteiger partial charge in [0.05, 0.1) is 20.6 Å². The maximum atomic E-state index is 14.1. The summed E-state index contributed by atoms with van der Waals surface area (Å²) in [5.41, 5.74) is 0.565. The Kier molecular flexibility index (Phi) is 11.8. The number of nitrogens with zero attached hydrogens (tertiary/aromatic N) is 2. The minimum atomic E-state index is -4.29. The number of rotatable bonds is 12. The van der Waals surface area contributed by atoms with E-state index in [0.717, 1.165) is 4.31 Å². The van der Waals surface area contributed by atoms with Crippen molar-refractivity contribution in [2.75, 3.05) is 10.8 Å². The van der Waals surface area contributed by atoms with E-state index in [-0.39, 0.29) is 45.5 Å². The highest BCUT2D eigenvalue weighted by Crippen LogP contribution is 2.35. The van der Waals surface area contributed by atoms with Gasteiger partial charge in [-0.1, -0.05) is 90.6 Å². The van der Waals surface area contributed by atoms with Gasteiger partial charge in [0, 0.05) is 22.6 Å². The van der Waals surface area contributed by atoms with Crippen molar-refractivity contribution in [1.29, 1.82) is 0 Å². The quantitative estimate of drug-likeness (QED) is 0.223. The van der Waals surface area contributed by atoms with Crippen LogP contribution in [0.15, 0.2) is 71.6 Å². The van der Waals surface area contributed by atoms with E-state index < -0.39 is 28.5 Å². The van der Waals surface area contributed by atoms with Gasteiger partial charge in [-0.15, -0.1) is 0 Å². The standard InChI is InChI=1S/C29H31Cl4N3O4S/c1-4-19(3)34-29(38)25(5-2)35(17-20-14-15-21(30)16-24(20)32)27(37)18-36(26-13-9-12-23(31)28(26)33)41(39,40)22-10-7-6-8-11-22/h6-16,19,25H,4-5,17-18H2,1-3H3,(H,34,38)/t19-,25-/m0/s1. The van der Waals surface area contributed by atoms with E-state index in [1.807, 2.05) is 13.8 Å². The molecule has 0 aromatic heterocycles. The van der Waals surface area contributed by atoms with Crippen molar-refractivity contribution in [1.82, 2.24) is 10.2 Å². The van der Waals surface area contributed by atoms with E-state index in [0.29, 0.717) is 22.0 Å². The molecule has 0 radical (unpaired) electrons. The van der Waals surface area contributed by atoms with Crippen LogP contribution >= 0.6 is 46.4 Å². The van der Waals surface area contributed by atoms with Gasteiger partial charge < -0.3 is 10.2 Å². The normalized spacial score (nSPS) is 12.9. The van der Waals surface area contributed by atoms with Crippen molar-refractivity contribution < 1.29 is 18.0 Å². The lowest BCUT2D eigenvalue weighted by molar-refractivity contribution is -0.140. The van der Waals surface area contributed by atoms with Crippen molar-refractivity contribution >= 4 is 73.9 Å². The van der Waals surface area contributed by atoms with Crippen molar-refractivity contribution in [2.45, 2.75) is 57.1 Å². The van der Waals surface area contributed by atoms with E-state index >= 15 is 0 Å². The lowest BCUT2D eigenvalue weighted by Crippen LogP contribution is -2.53. The van der Waals surface area contributed by atoms with Gasteiger partial charge in [0.15, 0.2) is 0 Å². The molecule has 41 heavy (non-hydrogen) atoms. The second kappa shape index (κ2) is 14.6. The van der Waals surface area contributed by atoms with E-state index in [2.05, 4.69) is 5.32 Å². The van der Waals surface area contributed by atoms with Crippen LogP contribution in [0.1, 0.15) is 39.2 Å². The van der Waals surface area contributed by atoms with Gasteiger partial charge in [0.1, 0.15) is 12.6 Å². The van der Waals surface area contributed by atoms with Crippen molar-refractivity contribution in [3.63, 3.8) is 0 Å². The molecule has 0 unspecified atom stereocenters. The summed E-state index contributed by atoms with van der Waals surface area (Å²) in [5, 5.41) is 3.73. The topological polar surface area (TPSA) is 86.8 Å². The van der Waals surface area contributed by atoms with Crippen molar-refractivity contribution in [3.8, 4) is 0 Å². The number of hydrogen-bond donors (Lipinski definition) is 1. The lowest BCUT2D eigenvalue weighted by atomic mass is 10.1. The Morgan fingerprint density at radius 3 is 2.17 bits per heavy atom. The van der Waals surface area contributed by atoms with Crippen LogP contribution in [0.3, 0.4) is 0 Å². The number of hydrogen-bond acceptors (Lipinski definition) is 4. The Balaban J connectivity index is 2.11. The summed E-state index contributed by atoms with van der Waals surface area (Å²) in [4.78, 5) is 28.8. The van der Waals surface area contributed by atoms with Crippen molar-refractivity contribution in [2.24, 2.45) is 0 Å². The number of benzene rings is 3. The van der Waals surface area contributed by atoms with Crippen LogP contribution in [0.25, 0.3) is 0 Å². The molecule has 12 heteroatoms. The zero-order chi connectivity index (χ0) is 30.3. The number of amides is 2. The van der Waals surface area contributed by atoms with Gasteiger partial charge in [0.25, 0.3) is 10.0 Å². The first-order valence-corrected chi connectivity index (χ1v) is 15.9. The highest BCUT2D eigenvalue weighted by molar-refractivity contribution is 7.92. The predicted octanol–water partition coefficient (Wildman–Crippen LogP) is 7.22. The number of halogens is 4. The van der Waals surface area contributed by atoms with E-state index in [4.69, 9.17) is 46.4 Å². The Morgan fingerprint density at radius 2 is 1.56 bits per heavy atom. The molecule has 3 aromatic carbocycles. The first-order chi connectivity index (χ1) is 19.4. The Bertz CT molecular complexity index is 1490. The molecule has 7 nitrogen and oxygen atoms in total. The molecule has 0 bridgehead atoms. The van der Waals surface area contributed by atoms with Gasteiger partial charge >= 0.3 is 0 Å². The van der Waals surface area contributed by atoms with Crippen LogP contribution in [-0.4, -0.2) is 43.8 Å². The fourth-order valence-corrected chi connectivity index (χ4v) is 6.48. The third kappa shape index (κ3) is 8.08. The maximum absolute atomic E-state index is 14.1. The number of nitrogens with one attached hydrogen (secondary N) is 1. The van der Waals surface area contributed by atoms with E-state index in [1.165, 1.54) is 29.2 Å². The Hall–Kier alpha value is -2.49. The molecule has 0 saturated carbocycles. The number of sulfonamides is 1. The fraction of sp³-hybridized carbons (Fsp3) is 0.310. The molecule has 0 fully saturated rings. The second-order valence-electron chi connectivity index (χ2n) is 9.40. The summed E-state index contributed by atoms with van der Waals surface area (Å²) in [6.07, 6.45) is 0.956. The predicted molar refractivity (Wildman–Crippen MR) is 166 cm³/mol. The third-order valence-corrected chi connectivity index (χ3v) is 9.72. The van der Waals surface area contributed by atoms with Crippen LogP contribution in [0.2, 0.25) is 20.1 Å². The number of carbonyl (C=O) groups excluding carboxylic acids is 2. The molecule has 2 atom stereocenters. The summed E-state index contributed by atoms with van der Waals surface area (Å²) >= 11 is 25.2. The molecule has 0 heterocycles. The monoisotopic (exact) mass is 657 g/mol. The van der Waals surface area contributed by atoms with E-state index in [9.17, 15) is 18.0 Å². The first-order valence-electron chi connectivity index (χ1n) is 13.0. The number of carbonyl (C=O) groups is 2. The van der Waals surface area contributed by atoms with Crippen LogP contribution in [0.4, 0.5) is 5.69 Å². The minimum absolute atomic E-state index is 0.0259. The zero-order valence-corrected chi connectivity index (χ0v) is 26.6. The number of anilines is 1. The smallest absolute Gasteiger partial charge is 0.264 e. The molecular weight excluding hydrogens is 628 g/mol. The third-order valence-electron chi connectivity index (χ3n) is 6.55. The largest absolute Gasteiger partial charge is 0.352 e. The molecule has 2 amide bonds. The molecule has 0 aliphatic rings. The van der Waals surface area contributed by atoms with Gasteiger partial charge in [-0.25, -0.2) is 8.42 Å². The lowest BCUT2D eigenvalue weighted by Gasteiger charge is -2.34. The summed E-state index contributed by atoms with van der Waals surface area (Å²) in [6.45, 7) is 4.85. The Morgan fingerprint density at radius 1 is 0.878 bits per heavy atom. The maximum Gasteiger partial charge on any atom is 0.264 e. The van der Waals surface area contributed by atoms with Gasteiger partial charge in [-0.2, -0.15) is 0 Å². The molecule has 220 valence electrons. The van der Waals surface area contributed by atoms with Crippen LogP contribution in [0, 0.1) is 0 Å². The van der Waals surface area contributed by atoms with Crippen LogP contribution in [0.5, 0.6) is 0 Å². The molecule has 0 spiro atoms. The highest BCUT2D eigenvalue weighted by Gasteiger charge is 2.35. The summed E-state index contributed by atoms with van der Waals surface area (Å²) in [5.74, 6) is -1.00. The Labute approximate surface area is 261 Å². The van der Waals surface area contributed by atoms with Gasteiger partial charge in [-0.05, 0) is 61.7 Å². The summed E-state index contributed by atoms with van der Waals surface area (Å²) < 4.78 is 28.7. The van der Waals surface area contributed by atoms with Crippen LogP contribution < -0.4 is 9.62 Å². The minimum Gasteiger partial charge on any atom is -0.352 e. The van der Waals surface area contributed by atoms with Gasteiger partial charge in [-0.3, -0.25) is 13.9 Å². The van der Waals surface area contributed by atoms with Crippen LogP contribution in [-0.2, 0) is 26.2 Å². The fourth-order valence-electron chi connectivity index (χ4n) is 4.11. The molecule has 0 aliphatic heterocycles. The second-order valence-corrected chi connectivity index (χ2v) is 12.9. The molecule has 1 N–H and O–H groups in total. The summed E-state index contributed by atoms with van der Waals surface area (Å²) in [7, 11) is -4.29. The molecule has 0 saturated heterocycles. The zero-order valence-electron chi connectivity index (χ0n) is 22.8.